The lowest BCUT2D eigenvalue weighted by Crippen LogP contribution is -2.48. The molecule has 1 N–H and O–H groups in total. The number of carbonyl (C=O) groups is 1. The van der Waals surface area contributed by atoms with Gasteiger partial charge in [0, 0.05) is 18.1 Å². The van der Waals surface area contributed by atoms with Gasteiger partial charge >= 0.3 is 0 Å². The van der Waals surface area contributed by atoms with Crippen molar-refractivity contribution in [1.29, 1.82) is 0 Å². The van der Waals surface area contributed by atoms with Crippen LogP contribution in [0.1, 0.15) is 24.3 Å². The summed E-state index contributed by atoms with van der Waals surface area (Å²) >= 11 is 5.81. The molecular weight excluding hydrogens is 240 g/mol. The number of amides is 1. The smallest absolute Gasteiger partial charge is 0.268 e. The maximum atomic E-state index is 11.8. The number of halogens is 1. The number of hydrogen-bond acceptors (Lipinski definition) is 3. The molecule has 1 aliphatic rings. The van der Waals surface area contributed by atoms with Crippen LogP contribution < -0.4 is 5.32 Å². The molecule has 3 heterocycles. The van der Waals surface area contributed by atoms with E-state index in [-0.39, 0.29) is 16.7 Å². The lowest BCUT2D eigenvalue weighted by atomic mass is 10.0. The van der Waals surface area contributed by atoms with E-state index in [4.69, 9.17) is 11.6 Å². The van der Waals surface area contributed by atoms with Gasteiger partial charge in [0.2, 0.25) is 5.28 Å². The lowest BCUT2D eigenvalue weighted by molar-refractivity contribution is 0.0891. The van der Waals surface area contributed by atoms with Crippen LogP contribution in [0.4, 0.5) is 0 Å². The molecule has 1 aliphatic heterocycles. The van der Waals surface area contributed by atoms with Crippen LogP contribution in [0.25, 0.3) is 11.0 Å². The fraction of sp³-hybridized carbons (Fsp3) is 0.364. The molecule has 17 heavy (non-hydrogen) atoms. The van der Waals surface area contributed by atoms with Gasteiger partial charge in [0.1, 0.15) is 11.3 Å². The van der Waals surface area contributed by atoms with E-state index in [9.17, 15) is 4.79 Å². The van der Waals surface area contributed by atoms with Gasteiger partial charge in [0.05, 0.1) is 5.54 Å². The Labute approximate surface area is 103 Å². The normalized spacial score (nSPS) is 17.9. The maximum absolute atomic E-state index is 11.8. The van der Waals surface area contributed by atoms with Crippen molar-refractivity contribution in [1.82, 2.24) is 19.9 Å². The minimum atomic E-state index is -0.220. The zero-order valence-electron chi connectivity index (χ0n) is 9.49. The number of carbonyl (C=O) groups excluding carboxylic acids is 1. The van der Waals surface area contributed by atoms with E-state index < -0.39 is 0 Å². The molecule has 0 aromatic carbocycles. The molecule has 0 radical (unpaired) electrons. The molecule has 88 valence electrons. The van der Waals surface area contributed by atoms with Gasteiger partial charge < -0.3 is 9.88 Å². The van der Waals surface area contributed by atoms with E-state index in [0.29, 0.717) is 17.9 Å². The molecule has 0 bridgehead atoms. The van der Waals surface area contributed by atoms with E-state index in [1.165, 1.54) is 0 Å². The Balaban J connectivity index is 2.42. The third-order valence-electron chi connectivity index (χ3n) is 3.03. The Morgan fingerprint density at radius 3 is 3.06 bits per heavy atom. The third kappa shape index (κ3) is 1.42. The second kappa shape index (κ2) is 3.20. The number of aromatic nitrogens is 3. The van der Waals surface area contributed by atoms with Crippen LogP contribution in [0.3, 0.4) is 0 Å². The van der Waals surface area contributed by atoms with Crippen molar-refractivity contribution in [2.24, 2.45) is 0 Å². The maximum Gasteiger partial charge on any atom is 0.268 e. The molecule has 0 spiro atoms. The van der Waals surface area contributed by atoms with Gasteiger partial charge in [-0.05, 0) is 31.5 Å². The van der Waals surface area contributed by atoms with Crippen molar-refractivity contribution < 1.29 is 4.79 Å². The summed E-state index contributed by atoms with van der Waals surface area (Å²) in [6.07, 6.45) is 1.64. The molecule has 2 aromatic heterocycles. The van der Waals surface area contributed by atoms with Crippen LogP contribution in [0.2, 0.25) is 5.28 Å². The number of hydrogen-bond donors (Lipinski definition) is 1. The topological polar surface area (TPSA) is 59.8 Å². The molecule has 0 saturated heterocycles. The molecule has 0 unspecified atom stereocenters. The summed E-state index contributed by atoms with van der Waals surface area (Å²) in [5.74, 6) is -0.0848. The van der Waals surface area contributed by atoms with Gasteiger partial charge in [-0.3, -0.25) is 4.79 Å². The molecule has 2 aromatic rings. The Bertz CT molecular complexity index is 632. The molecule has 0 fully saturated rings. The summed E-state index contributed by atoms with van der Waals surface area (Å²) in [5.41, 5.74) is 1.09. The summed E-state index contributed by atoms with van der Waals surface area (Å²) in [5, 5.41) is 3.89. The van der Waals surface area contributed by atoms with E-state index in [1.807, 2.05) is 18.4 Å². The van der Waals surface area contributed by atoms with Gasteiger partial charge in [-0.25, -0.2) is 4.98 Å². The predicted molar refractivity (Wildman–Crippen MR) is 64.2 cm³/mol. The first-order chi connectivity index (χ1) is 7.99. The van der Waals surface area contributed by atoms with Crippen molar-refractivity contribution in [3.8, 4) is 0 Å². The lowest BCUT2D eigenvalue weighted by Gasteiger charge is -2.33. The zero-order chi connectivity index (χ0) is 12.2. The quantitative estimate of drug-likeness (QED) is 0.722. The summed E-state index contributed by atoms with van der Waals surface area (Å²) in [4.78, 5) is 20.0. The number of fused-ring (bicyclic) bond motifs is 3. The standard InChI is InChI=1S/C11H11ClN4O/c1-11(2)5-14-9(17)7-3-6-4-13-10(12)15-8(6)16(7)11/h3-4H,5H2,1-2H3,(H,14,17). The first-order valence-electron chi connectivity index (χ1n) is 5.32. The molecule has 0 saturated carbocycles. The summed E-state index contributed by atoms with van der Waals surface area (Å²) in [7, 11) is 0. The fourth-order valence-electron chi connectivity index (χ4n) is 2.21. The predicted octanol–water partition coefficient (Wildman–Crippen LogP) is 1.56. The summed E-state index contributed by atoms with van der Waals surface area (Å²) < 4.78 is 1.93. The van der Waals surface area contributed by atoms with E-state index in [0.717, 1.165) is 5.39 Å². The SMILES string of the molecule is CC1(C)CNC(=O)c2cc3cnc(Cl)nc3n21. The van der Waals surface area contributed by atoms with Crippen molar-refractivity contribution >= 4 is 28.5 Å². The Morgan fingerprint density at radius 2 is 2.29 bits per heavy atom. The highest BCUT2D eigenvalue weighted by molar-refractivity contribution is 6.28. The second-order valence-electron chi connectivity index (χ2n) is 4.78. The number of rotatable bonds is 0. The largest absolute Gasteiger partial charge is 0.348 e. The van der Waals surface area contributed by atoms with Gasteiger partial charge in [0.25, 0.3) is 5.91 Å². The van der Waals surface area contributed by atoms with Crippen molar-refractivity contribution in [3.63, 3.8) is 0 Å². The Kier molecular flexibility index (Phi) is 1.98. The van der Waals surface area contributed by atoms with Crippen LogP contribution in [-0.2, 0) is 5.54 Å². The Morgan fingerprint density at radius 1 is 1.53 bits per heavy atom. The van der Waals surface area contributed by atoms with Crippen LogP contribution in [0, 0.1) is 0 Å². The monoisotopic (exact) mass is 250 g/mol. The first kappa shape index (κ1) is 10.5. The third-order valence-corrected chi connectivity index (χ3v) is 3.21. The van der Waals surface area contributed by atoms with Crippen LogP contribution >= 0.6 is 11.6 Å². The van der Waals surface area contributed by atoms with Crippen molar-refractivity contribution in [2.45, 2.75) is 19.4 Å². The molecular formula is C11H11ClN4O. The highest BCUT2D eigenvalue weighted by Crippen LogP contribution is 2.29. The van der Waals surface area contributed by atoms with E-state index in [1.54, 1.807) is 12.3 Å². The molecule has 0 atom stereocenters. The van der Waals surface area contributed by atoms with Crippen molar-refractivity contribution in [3.05, 3.63) is 23.2 Å². The highest BCUT2D eigenvalue weighted by atomic mass is 35.5. The minimum absolute atomic E-state index is 0.0848. The summed E-state index contributed by atoms with van der Waals surface area (Å²) in [6, 6.07) is 1.79. The summed E-state index contributed by atoms with van der Waals surface area (Å²) in [6.45, 7) is 4.67. The van der Waals surface area contributed by atoms with Gasteiger partial charge in [-0.1, -0.05) is 0 Å². The van der Waals surface area contributed by atoms with Crippen LogP contribution in [0.15, 0.2) is 12.3 Å². The average molecular weight is 251 g/mol. The Hall–Kier alpha value is -1.62. The van der Waals surface area contributed by atoms with Gasteiger partial charge in [-0.15, -0.1) is 0 Å². The van der Waals surface area contributed by atoms with Crippen molar-refractivity contribution in [2.75, 3.05) is 6.54 Å². The first-order valence-corrected chi connectivity index (χ1v) is 5.69. The van der Waals surface area contributed by atoms with E-state index >= 15 is 0 Å². The molecule has 0 aliphatic carbocycles. The number of nitrogens with one attached hydrogen (secondary N) is 1. The minimum Gasteiger partial charge on any atom is -0.348 e. The second-order valence-corrected chi connectivity index (χ2v) is 5.12. The zero-order valence-corrected chi connectivity index (χ0v) is 10.2. The van der Waals surface area contributed by atoms with Gasteiger partial charge in [-0.2, -0.15) is 4.98 Å². The molecule has 5 nitrogen and oxygen atoms in total. The average Bonchev–Trinajstić information content (AvgIpc) is 2.64. The van der Waals surface area contributed by atoms with Crippen LogP contribution in [-0.4, -0.2) is 27.0 Å². The van der Waals surface area contributed by atoms with Gasteiger partial charge in [0.15, 0.2) is 0 Å². The number of nitrogens with zero attached hydrogens (tertiary/aromatic N) is 3. The van der Waals surface area contributed by atoms with E-state index in [2.05, 4.69) is 15.3 Å². The highest BCUT2D eigenvalue weighted by Gasteiger charge is 2.33. The fourth-order valence-corrected chi connectivity index (χ4v) is 2.34. The molecule has 3 rings (SSSR count). The van der Waals surface area contributed by atoms with Crippen LogP contribution in [0.5, 0.6) is 0 Å². The molecule has 1 amide bonds. The molecule has 6 heteroatoms.